The van der Waals surface area contributed by atoms with Crippen LogP contribution in [0.1, 0.15) is 39.0 Å². The second-order valence-corrected chi connectivity index (χ2v) is 5.63. The molecule has 0 spiro atoms. The van der Waals surface area contributed by atoms with Crippen molar-refractivity contribution < 1.29 is 4.79 Å². The van der Waals surface area contributed by atoms with E-state index in [1.165, 1.54) is 19.4 Å². The fourth-order valence-electron chi connectivity index (χ4n) is 3.19. The molecule has 2 N–H and O–H groups in total. The molecule has 2 fully saturated rings. The number of amides is 1. The third kappa shape index (κ3) is 6.17. The van der Waals surface area contributed by atoms with Crippen molar-refractivity contribution in [2.75, 3.05) is 32.7 Å². The van der Waals surface area contributed by atoms with Gasteiger partial charge in [-0.15, -0.1) is 24.8 Å². The van der Waals surface area contributed by atoms with E-state index in [0.29, 0.717) is 12.0 Å². The summed E-state index contributed by atoms with van der Waals surface area (Å²) in [6.07, 6.45) is 5.54. The predicted octanol–water partition coefficient (Wildman–Crippen LogP) is 1.82. The molecule has 120 valence electrons. The molecule has 6 heteroatoms. The molecule has 0 bridgehead atoms. The average molecular weight is 326 g/mol. The Kier molecular flexibility index (Phi) is 10.6. The molecule has 2 aliphatic rings. The van der Waals surface area contributed by atoms with Gasteiger partial charge in [0.25, 0.3) is 0 Å². The van der Waals surface area contributed by atoms with Gasteiger partial charge in [-0.25, -0.2) is 0 Å². The maximum atomic E-state index is 11.9. The Morgan fingerprint density at radius 3 is 2.60 bits per heavy atom. The average Bonchev–Trinajstić information content (AvgIpc) is 2.85. The van der Waals surface area contributed by atoms with Gasteiger partial charge in [0.1, 0.15) is 0 Å². The standard InChI is InChI=1S/C14H27N3O.2ClH/c1-2-17-9-3-4-13(17)11-16-14(18)10-12-5-7-15-8-6-12;;/h12-13,15H,2-11H2,1H3,(H,16,18);2*1H. The number of carbonyl (C=O) groups is 1. The van der Waals surface area contributed by atoms with E-state index >= 15 is 0 Å². The summed E-state index contributed by atoms with van der Waals surface area (Å²) in [5.41, 5.74) is 0. The topological polar surface area (TPSA) is 44.4 Å². The molecule has 0 aromatic carbocycles. The Hall–Kier alpha value is -0.0300. The molecule has 0 aliphatic carbocycles. The molecule has 1 atom stereocenters. The number of nitrogens with one attached hydrogen (secondary N) is 2. The third-order valence-corrected chi connectivity index (χ3v) is 4.37. The largest absolute Gasteiger partial charge is 0.355 e. The van der Waals surface area contributed by atoms with Gasteiger partial charge in [-0.3, -0.25) is 9.69 Å². The highest BCUT2D eigenvalue weighted by Gasteiger charge is 2.23. The molecule has 1 unspecified atom stereocenters. The maximum Gasteiger partial charge on any atom is 0.220 e. The zero-order valence-electron chi connectivity index (χ0n) is 12.4. The first-order chi connectivity index (χ1) is 8.79. The predicted molar refractivity (Wildman–Crippen MR) is 88.0 cm³/mol. The van der Waals surface area contributed by atoms with E-state index in [-0.39, 0.29) is 30.7 Å². The van der Waals surface area contributed by atoms with Crippen molar-refractivity contribution >= 4 is 30.7 Å². The van der Waals surface area contributed by atoms with E-state index in [4.69, 9.17) is 0 Å². The summed E-state index contributed by atoms with van der Waals surface area (Å²) in [4.78, 5) is 14.4. The molecule has 0 aromatic rings. The lowest BCUT2D eigenvalue weighted by atomic mass is 9.94. The van der Waals surface area contributed by atoms with E-state index in [1.54, 1.807) is 0 Å². The van der Waals surface area contributed by atoms with Crippen LogP contribution in [-0.2, 0) is 4.79 Å². The molecule has 2 rings (SSSR count). The Labute approximate surface area is 135 Å². The van der Waals surface area contributed by atoms with Gasteiger partial charge in [-0.2, -0.15) is 0 Å². The van der Waals surface area contributed by atoms with Crippen LogP contribution in [0.4, 0.5) is 0 Å². The number of carbonyl (C=O) groups excluding carboxylic acids is 1. The molecule has 0 aromatic heterocycles. The molecule has 2 heterocycles. The smallest absolute Gasteiger partial charge is 0.220 e. The number of likely N-dealkylation sites (N-methyl/N-ethyl adjacent to an activating group) is 1. The van der Waals surface area contributed by atoms with Crippen molar-refractivity contribution in [2.24, 2.45) is 5.92 Å². The second-order valence-electron chi connectivity index (χ2n) is 5.63. The number of halogens is 2. The van der Waals surface area contributed by atoms with E-state index in [1.807, 2.05) is 0 Å². The first-order valence-electron chi connectivity index (χ1n) is 7.51. The quantitative estimate of drug-likeness (QED) is 0.810. The monoisotopic (exact) mass is 325 g/mol. The van der Waals surface area contributed by atoms with Gasteiger partial charge in [0.15, 0.2) is 0 Å². The van der Waals surface area contributed by atoms with Crippen LogP contribution < -0.4 is 10.6 Å². The highest BCUT2D eigenvalue weighted by Crippen LogP contribution is 2.17. The minimum absolute atomic E-state index is 0. The minimum Gasteiger partial charge on any atom is -0.355 e. The van der Waals surface area contributed by atoms with Crippen LogP contribution in [0.25, 0.3) is 0 Å². The zero-order valence-corrected chi connectivity index (χ0v) is 14.0. The lowest BCUT2D eigenvalue weighted by Gasteiger charge is -2.24. The fourth-order valence-corrected chi connectivity index (χ4v) is 3.19. The van der Waals surface area contributed by atoms with Crippen molar-refractivity contribution in [3.63, 3.8) is 0 Å². The van der Waals surface area contributed by atoms with Crippen molar-refractivity contribution in [1.29, 1.82) is 0 Å². The Morgan fingerprint density at radius 1 is 1.25 bits per heavy atom. The number of likely N-dealkylation sites (tertiary alicyclic amines) is 1. The lowest BCUT2D eigenvalue weighted by molar-refractivity contribution is -0.122. The fraction of sp³-hybridized carbons (Fsp3) is 0.929. The van der Waals surface area contributed by atoms with Crippen LogP contribution in [0.3, 0.4) is 0 Å². The number of rotatable bonds is 5. The summed E-state index contributed by atoms with van der Waals surface area (Å²) in [6, 6.07) is 0.576. The summed E-state index contributed by atoms with van der Waals surface area (Å²) >= 11 is 0. The number of hydrogen-bond donors (Lipinski definition) is 2. The molecule has 0 saturated carbocycles. The van der Waals surface area contributed by atoms with Gasteiger partial charge < -0.3 is 10.6 Å². The first-order valence-corrected chi connectivity index (χ1v) is 7.51. The van der Waals surface area contributed by atoms with Crippen LogP contribution in [0.15, 0.2) is 0 Å². The van der Waals surface area contributed by atoms with E-state index < -0.39 is 0 Å². The maximum absolute atomic E-state index is 11.9. The molecule has 2 aliphatic heterocycles. The number of nitrogens with zero attached hydrogens (tertiary/aromatic N) is 1. The normalized spacial score (nSPS) is 23.8. The van der Waals surface area contributed by atoms with Crippen LogP contribution in [0.2, 0.25) is 0 Å². The van der Waals surface area contributed by atoms with Crippen LogP contribution in [0, 0.1) is 5.92 Å². The number of hydrogen-bond acceptors (Lipinski definition) is 3. The van der Waals surface area contributed by atoms with Gasteiger partial charge in [0.05, 0.1) is 0 Å². The van der Waals surface area contributed by atoms with Crippen molar-refractivity contribution in [1.82, 2.24) is 15.5 Å². The molecule has 4 nitrogen and oxygen atoms in total. The van der Waals surface area contributed by atoms with Crippen LogP contribution in [-0.4, -0.2) is 49.6 Å². The molecular weight excluding hydrogens is 297 g/mol. The highest BCUT2D eigenvalue weighted by molar-refractivity contribution is 5.85. The Balaban J connectivity index is 0.00000180. The van der Waals surface area contributed by atoms with Crippen molar-refractivity contribution in [2.45, 2.75) is 45.1 Å². The summed E-state index contributed by atoms with van der Waals surface area (Å²) in [6.45, 7) is 7.50. The van der Waals surface area contributed by atoms with Gasteiger partial charge in [0, 0.05) is 19.0 Å². The molecule has 1 amide bonds. The molecule has 0 radical (unpaired) electrons. The van der Waals surface area contributed by atoms with Gasteiger partial charge in [0.2, 0.25) is 5.91 Å². The second kappa shape index (κ2) is 10.7. The highest BCUT2D eigenvalue weighted by atomic mass is 35.5. The van der Waals surface area contributed by atoms with Gasteiger partial charge >= 0.3 is 0 Å². The lowest BCUT2D eigenvalue weighted by Crippen LogP contribution is -2.41. The van der Waals surface area contributed by atoms with Crippen LogP contribution in [0.5, 0.6) is 0 Å². The Morgan fingerprint density at radius 2 is 1.95 bits per heavy atom. The summed E-state index contributed by atoms with van der Waals surface area (Å²) in [5.74, 6) is 0.849. The third-order valence-electron chi connectivity index (χ3n) is 4.37. The minimum atomic E-state index is 0. The van der Waals surface area contributed by atoms with E-state index in [9.17, 15) is 4.79 Å². The summed E-state index contributed by atoms with van der Waals surface area (Å²) in [5, 5.41) is 6.47. The van der Waals surface area contributed by atoms with Crippen LogP contribution >= 0.6 is 24.8 Å². The SMILES string of the molecule is CCN1CCCC1CNC(=O)CC1CCNCC1.Cl.Cl. The number of piperidine rings is 1. The molecule has 20 heavy (non-hydrogen) atoms. The molecule has 2 saturated heterocycles. The van der Waals surface area contributed by atoms with E-state index in [0.717, 1.165) is 45.4 Å². The van der Waals surface area contributed by atoms with Crippen molar-refractivity contribution in [3.05, 3.63) is 0 Å². The summed E-state index contributed by atoms with van der Waals surface area (Å²) in [7, 11) is 0. The van der Waals surface area contributed by atoms with Gasteiger partial charge in [-0.05, 0) is 57.8 Å². The molecular formula is C14H29Cl2N3O. The van der Waals surface area contributed by atoms with Gasteiger partial charge in [-0.1, -0.05) is 6.92 Å². The zero-order chi connectivity index (χ0) is 12.8. The van der Waals surface area contributed by atoms with E-state index in [2.05, 4.69) is 22.5 Å². The summed E-state index contributed by atoms with van der Waals surface area (Å²) < 4.78 is 0. The first kappa shape index (κ1) is 20.0. The Bertz CT molecular complexity index is 273. The van der Waals surface area contributed by atoms with Crippen molar-refractivity contribution in [3.8, 4) is 0 Å².